The largest absolute Gasteiger partial charge is 0.466 e. The fourth-order valence-corrected chi connectivity index (χ4v) is 0. The summed E-state index contributed by atoms with van der Waals surface area (Å²) in [4.78, 5) is 21.6. The summed E-state index contributed by atoms with van der Waals surface area (Å²) in [5.41, 5.74) is 0. The van der Waals surface area contributed by atoms with Crippen molar-refractivity contribution in [1.29, 1.82) is 0 Å². The molecule has 0 spiro atoms. The van der Waals surface area contributed by atoms with Gasteiger partial charge in [0.15, 0.2) is 0 Å². The molecule has 0 heterocycles. The summed E-state index contributed by atoms with van der Waals surface area (Å²) in [5, 5.41) is 0. The number of hydrogen-bond acceptors (Lipinski definition) is 1. The second-order valence-electron chi connectivity index (χ2n) is 0.513. The van der Waals surface area contributed by atoms with Crippen LogP contribution in [-0.2, 0) is 47.5 Å². The van der Waals surface area contributed by atoms with E-state index >= 15 is 0 Å². The van der Waals surface area contributed by atoms with E-state index in [1.165, 1.54) is 0 Å². The van der Waals surface area contributed by atoms with E-state index in [1.54, 1.807) is 0 Å². The van der Waals surface area contributed by atoms with Gasteiger partial charge in [0, 0.05) is 43.0 Å². The molecule has 7 heteroatoms. The average Bonchev–Trinajstić information content (AvgIpc) is 0.722. The van der Waals surface area contributed by atoms with Crippen LogP contribution in [0.1, 0.15) is 0 Å². The zero-order valence-corrected chi connectivity index (χ0v) is 7.42. The molecule has 0 rings (SSSR count). The van der Waals surface area contributed by atoms with Gasteiger partial charge in [-0.15, -0.1) is 0 Å². The van der Waals surface area contributed by atoms with E-state index in [-0.39, 0.29) is 43.0 Å². The molecule has 0 aliphatic carbocycles. The SMILES string of the molecule is O=P(O)(O)O.[Co].[Zr]. The van der Waals surface area contributed by atoms with Crippen molar-refractivity contribution in [3.8, 4) is 0 Å². The van der Waals surface area contributed by atoms with Crippen LogP contribution in [-0.4, -0.2) is 14.7 Å². The Labute approximate surface area is 69.9 Å². The van der Waals surface area contributed by atoms with Gasteiger partial charge < -0.3 is 14.7 Å². The molecule has 7 heavy (non-hydrogen) atoms. The quantitative estimate of drug-likeness (QED) is 0.484. The summed E-state index contributed by atoms with van der Waals surface area (Å²) >= 11 is 0. The molecule has 0 aromatic carbocycles. The van der Waals surface area contributed by atoms with Gasteiger partial charge in [-0.3, -0.25) is 0 Å². The van der Waals surface area contributed by atoms with Gasteiger partial charge in [0.2, 0.25) is 0 Å². The van der Waals surface area contributed by atoms with Gasteiger partial charge >= 0.3 is 7.82 Å². The van der Waals surface area contributed by atoms with Crippen molar-refractivity contribution in [2.24, 2.45) is 0 Å². The van der Waals surface area contributed by atoms with Crippen molar-refractivity contribution in [2.45, 2.75) is 0 Å². The second-order valence-corrected chi connectivity index (χ2v) is 1.54. The standard InChI is InChI=1S/Co.H3O4P.Zr/c;1-5(2,3)4;/h;(H3,1,2,3,4);. The number of hydrogen-bond donors (Lipinski definition) is 3. The van der Waals surface area contributed by atoms with Crippen LogP contribution in [0.15, 0.2) is 0 Å². The van der Waals surface area contributed by atoms with Gasteiger partial charge in [0.1, 0.15) is 0 Å². The molecular weight excluding hydrogens is 245 g/mol. The summed E-state index contributed by atoms with van der Waals surface area (Å²) in [7, 11) is -4.64. The summed E-state index contributed by atoms with van der Waals surface area (Å²) < 4.78 is 8.88. The maximum Gasteiger partial charge on any atom is 0.466 e. The first-order valence-corrected chi connectivity index (χ1v) is 2.35. The summed E-state index contributed by atoms with van der Waals surface area (Å²) in [5.74, 6) is 0. The van der Waals surface area contributed by atoms with Crippen molar-refractivity contribution in [3.63, 3.8) is 0 Å². The van der Waals surface area contributed by atoms with Crippen LogP contribution >= 0.6 is 7.82 Å². The topological polar surface area (TPSA) is 77.8 Å². The van der Waals surface area contributed by atoms with E-state index in [0.29, 0.717) is 0 Å². The predicted molar refractivity (Wildman–Crippen MR) is 14.3 cm³/mol. The first-order chi connectivity index (χ1) is 2.00. The molecule has 45 valence electrons. The third kappa shape index (κ3) is 101. The molecule has 4 nitrogen and oxygen atoms in total. The molecule has 0 bridgehead atoms. The van der Waals surface area contributed by atoms with E-state index in [0.717, 1.165) is 0 Å². The van der Waals surface area contributed by atoms with Crippen LogP contribution in [0.5, 0.6) is 0 Å². The Kier molecular flexibility index (Phi) is 12.7. The summed E-state index contributed by atoms with van der Waals surface area (Å²) in [6.07, 6.45) is 0. The Morgan fingerprint density at radius 1 is 1.14 bits per heavy atom. The molecule has 0 fully saturated rings. The zero-order chi connectivity index (χ0) is 4.50. The van der Waals surface area contributed by atoms with Crippen LogP contribution < -0.4 is 0 Å². The van der Waals surface area contributed by atoms with Gasteiger partial charge in [0.25, 0.3) is 0 Å². The second kappa shape index (κ2) is 5.63. The van der Waals surface area contributed by atoms with Crippen molar-refractivity contribution >= 4 is 7.82 Å². The zero-order valence-electron chi connectivity index (χ0n) is 3.03. The van der Waals surface area contributed by atoms with Crippen LogP contribution in [0.2, 0.25) is 0 Å². The molecule has 0 amide bonds. The Hall–Kier alpha value is 1.50. The molecule has 0 atom stereocenters. The Morgan fingerprint density at radius 2 is 1.14 bits per heavy atom. The molecule has 0 unspecified atom stereocenters. The first kappa shape index (κ1) is 15.8. The Balaban J connectivity index is -0.0000000800. The van der Waals surface area contributed by atoms with Gasteiger partial charge in [-0.25, -0.2) is 4.57 Å². The van der Waals surface area contributed by atoms with Gasteiger partial charge in [0.05, 0.1) is 0 Å². The monoisotopic (exact) mass is 247 g/mol. The minimum atomic E-state index is -4.64. The van der Waals surface area contributed by atoms with E-state index in [9.17, 15) is 0 Å². The van der Waals surface area contributed by atoms with Crippen LogP contribution in [0.4, 0.5) is 0 Å². The molecular formula is H3CoO4PZr. The fraction of sp³-hybridized carbons (Fsp3) is 0. The molecule has 0 aliphatic rings. The van der Waals surface area contributed by atoms with Crippen molar-refractivity contribution in [2.75, 3.05) is 0 Å². The molecule has 0 saturated carbocycles. The van der Waals surface area contributed by atoms with Crippen molar-refractivity contribution in [1.82, 2.24) is 0 Å². The van der Waals surface area contributed by atoms with E-state index in [4.69, 9.17) is 19.2 Å². The summed E-state index contributed by atoms with van der Waals surface area (Å²) in [6, 6.07) is 0. The number of phosphoric acid groups is 1. The molecule has 1 radical (unpaired) electrons. The molecule has 0 aromatic heterocycles. The smallest absolute Gasteiger partial charge is 0.303 e. The van der Waals surface area contributed by atoms with Gasteiger partial charge in [-0.1, -0.05) is 0 Å². The maximum atomic E-state index is 8.88. The molecule has 0 aliphatic heterocycles. The van der Waals surface area contributed by atoms with Crippen LogP contribution in [0.3, 0.4) is 0 Å². The predicted octanol–water partition coefficient (Wildman–Crippen LogP) is -0.934. The normalized spacial score (nSPS) is 8.43. The van der Waals surface area contributed by atoms with E-state index < -0.39 is 7.82 Å². The maximum absolute atomic E-state index is 8.88. The van der Waals surface area contributed by atoms with Crippen molar-refractivity contribution < 1.29 is 62.2 Å². The molecule has 0 aromatic rings. The Morgan fingerprint density at radius 3 is 1.14 bits per heavy atom. The van der Waals surface area contributed by atoms with E-state index in [1.807, 2.05) is 0 Å². The number of rotatable bonds is 0. The molecule has 0 saturated heterocycles. The average molecular weight is 248 g/mol. The fourth-order valence-electron chi connectivity index (χ4n) is 0. The van der Waals surface area contributed by atoms with Crippen LogP contribution in [0.25, 0.3) is 0 Å². The van der Waals surface area contributed by atoms with E-state index in [2.05, 4.69) is 0 Å². The van der Waals surface area contributed by atoms with Crippen LogP contribution in [0, 0.1) is 0 Å². The third-order valence-corrected chi connectivity index (χ3v) is 0. The first-order valence-electron chi connectivity index (χ1n) is 0.783. The minimum Gasteiger partial charge on any atom is -0.303 e. The minimum absolute atomic E-state index is 0. The Bertz CT molecular complexity index is 57.8. The summed E-state index contributed by atoms with van der Waals surface area (Å²) in [6.45, 7) is 0. The van der Waals surface area contributed by atoms with Gasteiger partial charge in [-0.2, -0.15) is 0 Å². The molecule has 3 N–H and O–H groups in total. The van der Waals surface area contributed by atoms with Crippen molar-refractivity contribution in [3.05, 3.63) is 0 Å². The third-order valence-electron chi connectivity index (χ3n) is 0. The van der Waals surface area contributed by atoms with Gasteiger partial charge in [-0.05, 0) is 0 Å².